The Morgan fingerprint density at radius 2 is 1.83 bits per heavy atom. The van der Waals surface area contributed by atoms with Gasteiger partial charge < -0.3 is 21.1 Å². The van der Waals surface area contributed by atoms with Crippen molar-refractivity contribution in [2.75, 3.05) is 17.7 Å². The van der Waals surface area contributed by atoms with E-state index in [4.69, 9.17) is 10.5 Å². The maximum Gasteiger partial charge on any atom is 0.243 e. The third-order valence-electron chi connectivity index (χ3n) is 4.28. The van der Waals surface area contributed by atoms with Crippen LogP contribution < -0.4 is 21.1 Å². The zero-order chi connectivity index (χ0) is 17.7. The Morgan fingerprint density at radius 3 is 2.42 bits per heavy atom. The molecule has 0 saturated heterocycles. The summed E-state index contributed by atoms with van der Waals surface area (Å²) in [6.45, 7) is 3.27. The number of nitrogens with one attached hydrogen (secondary N) is 2. The molecule has 2 rings (SSSR count). The topological polar surface area (TPSA) is 93.4 Å². The molecule has 1 saturated carbocycles. The van der Waals surface area contributed by atoms with Crippen molar-refractivity contribution < 1.29 is 14.3 Å². The second kappa shape index (κ2) is 7.66. The average Bonchev–Trinajstić information content (AvgIpc) is 2.55. The van der Waals surface area contributed by atoms with Crippen molar-refractivity contribution in [1.29, 1.82) is 0 Å². The quantitative estimate of drug-likeness (QED) is 0.772. The second-order valence-corrected chi connectivity index (χ2v) is 6.92. The third kappa shape index (κ3) is 4.71. The molecule has 1 aliphatic carbocycles. The normalized spacial score (nSPS) is 15.7. The lowest BCUT2D eigenvalue weighted by Gasteiger charge is -2.22. The van der Waals surface area contributed by atoms with E-state index in [9.17, 15) is 9.59 Å². The predicted octanol–water partition coefficient (Wildman–Crippen LogP) is 2.89. The first kappa shape index (κ1) is 18.3. The first-order chi connectivity index (χ1) is 11.3. The van der Waals surface area contributed by atoms with Crippen LogP contribution >= 0.6 is 0 Å². The van der Waals surface area contributed by atoms with Crippen LogP contribution in [-0.2, 0) is 9.59 Å². The number of hydrogen-bond donors (Lipinski definition) is 3. The number of ether oxygens (including phenoxy) is 1. The zero-order valence-corrected chi connectivity index (χ0v) is 14.6. The van der Waals surface area contributed by atoms with E-state index in [1.54, 1.807) is 39.2 Å². The molecule has 6 heteroatoms. The van der Waals surface area contributed by atoms with Gasteiger partial charge in [-0.25, -0.2) is 0 Å². The van der Waals surface area contributed by atoms with Gasteiger partial charge in [-0.3, -0.25) is 9.59 Å². The number of methoxy groups -OCH3 is 1. The molecular formula is C18H27N3O3. The number of benzene rings is 1. The van der Waals surface area contributed by atoms with Crippen LogP contribution in [0.15, 0.2) is 18.2 Å². The van der Waals surface area contributed by atoms with Gasteiger partial charge in [0, 0.05) is 11.6 Å². The molecule has 2 amide bonds. The molecule has 1 fully saturated rings. The molecule has 1 aromatic carbocycles. The first-order valence-electron chi connectivity index (χ1n) is 8.40. The van der Waals surface area contributed by atoms with E-state index < -0.39 is 5.54 Å². The summed E-state index contributed by atoms with van der Waals surface area (Å²) in [5.74, 6) is 0.321. The minimum Gasteiger partial charge on any atom is -0.495 e. The SMILES string of the molecule is COc1ccc(NC(=O)C(C)(C)N)cc1NC(=O)C1CCCCC1. The van der Waals surface area contributed by atoms with Gasteiger partial charge in [0.25, 0.3) is 0 Å². The molecule has 24 heavy (non-hydrogen) atoms. The summed E-state index contributed by atoms with van der Waals surface area (Å²) in [5, 5.41) is 5.69. The van der Waals surface area contributed by atoms with Gasteiger partial charge >= 0.3 is 0 Å². The summed E-state index contributed by atoms with van der Waals surface area (Å²) in [6, 6.07) is 5.14. The van der Waals surface area contributed by atoms with E-state index in [1.165, 1.54) is 6.42 Å². The van der Waals surface area contributed by atoms with Crippen molar-refractivity contribution in [3.8, 4) is 5.75 Å². The van der Waals surface area contributed by atoms with Crippen molar-refractivity contribution >= 4 is 23.2 Å². The van der Waals surface area contributed by atoms with Gasteiger partial charge in [0.2, 0.25) is 11.8 Å². The lowest BCUT2D eigenvalue weighted by Crippen LogP contribution is -2.45. The van der Waals surface area contributed by atoms with Crippen molar-refractivity contribution in [3.63, 3.8) is 0 Å². The summed E-state index contributed by atoms with van der Waals surface area (Å²) >= 11 is 0. The minimum absolute atomic E-state index is 0.00984. The van der Waals surface area contributed by atoms with E-state index >= 15 is 0 Å². The fraction of sp³-hybridized carbons (Fsp3) is 0.556. The van der Waals surface area contributed by atoms with Gasteiger partial charge in [-0.15, -0.1) is 0 Å². The lowest BCUT2D eigenvalue weighted by atomic mass is 9.88. The highest BCUT2D eigenvalue weighted by Crippen LogP contribution is 2.30. The van der Waals surface area contributed by atoms with Crippen LogP contribution in [0.3, 0.4) is 0 Å². The molecule has 0 radical (unpaired) electrons. The van der Waals surface area contributed by atoms with Gasteiger partial charge in [-0.05, 0) is 44.9 Å². The number of carbonyl (C=O) groups is 2. The van der Waals surface area contributed by atoms with E-state index in [0.29, 0.717) is 17.1 Å². The van der Waals surface area contributed by atoms with Gasteiger partial charge in [0.05, 0.1) is 18.3 Å². The summed E-state index contributed by atoms with van der Waals surface area (Å²) in [6.07, 6.45) is 5.23. The molecule has 0 aromatic heterocycles. The maximum absolute atomic E-state index is 12.5. The summed E-state index contributed by atoms with van der Waals surface area (Å²) in [4.78, 5) is 24.5. The Morgan fingerprint density at radius 1 is 1.17 bits per heavy atom. The van der Waals surface area contributed by atoms with E-state index in [2.05, 4.69) is 10.6 Å². The minimum atomic E-state index is -0.981. The number of hydrogen-bond acceptors (Lipinski definition) is 4. The summed E-state index contributed by atoms with van der Waals surface area (Å²) in [7, 11) is 1.55. The highest BCUT2D eigenvalue weighted by Gasteiger charge is 2.24. The van der Waals surface area contributed by atoms with Crippen molar-refractivity contribution in [2.45, 2.75) is 51.5 Å². The van der Waals surface area contributed by atoms with Crippen LogP contribution in [0.5, 0.6) is 5.75 Å². The van der Waals surface area contributed by atoms with Crippen LogP contribution in [0.4, 0.5) is 11.4 Å². The molecule has 4 N–H and O–H groups in total. The van der Waals surface area contributed by atoms with Crippen molar-refractivity contribution in [2.24, 2.45) is 11.7 Å². The fourth-order valence-corrected chi connectivity index (χ4v) is 2.78. The van der Waals surface area contributed by atoms with Gasteiger partial charge in [-0.2, -0.15) is 0 Å². The van der Waals surface area contributed by atoms with Gasteiger partial charge in [-0.1, -0.05) is 19.3 Å². The van der Waals surface area contributed by atoms with Crippen LogP contribution in [0.2, 0.25) is 0 Å². The molecule has 0 atom stereocenters. The van der Waals surface area contributed by atoms with Crippen molar-refractivity contribution in [1.82, 2.24) is 0 Å². The van der Waals surface area contributed by atoms with E-state index in [1.807, 2.05) is 0 Å². The molecule has 0 heterocycles. The number of rotatable bonds is 5. The van der Waals surface area contributed by atoms with Gasteiger partial charge in [0.1, 0.15) is 5.75 Å². The molecule has 1 aliphatic rings. The number of carbonyl (C=O) groups excluding carboxylic acids is 2. The molecule has 0 aliphatic heterocycles. The van der Waals surface area contributed by atoms with E-state index in [-0.39, 0.29) is 17.7 Å². The lowest BCUT2D eigenvalue weighted by molar-refractivity contribution is -0.121. The molecule has 132 valence electrons. The summed E-state index contributed by atoms with van der Waals surface area (Å²) < 4.78 is 5.31. The molecule has 0 spiro atoms. The molecule has 0 unspecified atom stereocenters. The fourth-order valence-electron chi connectivity index (χ4n) is 2.78. The molecule has 1 aromatic rings. The Bertz CT molecular complexity index is 602. The highest BCUT2D eigenvalue weighted by atomic mass is 16.5. The van der Waals surface area contributed by atoms with Crippen LogP contribution in [0.1, 0.15) is 46.0 Å². The predicted molar refractivity (Wildman–Crippen MR) is 95.1 cm³/mol. The van der Waals surface area contributed by atoms with Crippen LogP contribution in [0, 0.1) is 5.92 Å². The zero-order valence-electron chi connectivity index (χ0n) is 14.6. The Hall–Kier alpha value is -2.08. The largest absolute Gasteiger partial charge is 0.495 e. The number of amides is 2. The van der Waals surface area contributed by atoms with Crippen LogP contribution in [0.25, 0.3) is 0 Å². The second-order valence-electron chi connectivity index (χ2n) is 6.92. The Kier molecular flexibility index (Phi) is 5.83. The standard InChI is InChI=1S/C18H27N3O3/c1-18(2,19)17(23)20-13-9-10-15(24-3)14(11-13)21-16(22)12-7-5-4-6-8-12/h9-12H,4-8,19H2,1-3H3,(H,20,23)(H,21,22). The van der Waals surface area contributed by atoms with Crippen molar-refractivity contribution in [3.05, 3.63) is 18.2 Å². The molecule has 0 bridgehead atoms. The Labute approximate surface area is 143 Å². The average molecular weight is 333 g/mol. The first-order valence-corrected chi connectivity index (χ1v) is 8.40. The Balaban J connectivity index is 2.13. The molecule has 6 nitrogen and oxygen atoms in total. The monoisotopic (exact) mass is 333 g/mol. The maximum atomic E-state index is 12.5. The third-order valence-corrected chi connectivity index (χ3v) is 4.28. The highest BCUT2D eigenvalue weighted by molar-refractivity contribution is 5.99. The van der Waals surface area contributed by atoms with E-state index in [0.717, 1.165) is 25.7 Å². The summed E-state index contributed by atoms with van der Waals surface area (Å²) in [5.41, 5.74) is 5.94. The van der Waals surface area contributed by atoms with Gasteiger partial charge in [0.15, 0.2) is 0 Å². The number of nitrogens with two attached hydrogens (primary N) is 1. The number of anilines is 2. The van der Waals surface area contributed by atoms with Crippen LogP contribution in [-0.4, -0.2) is 24.5 Å². The molecular weight excluding hydrogens is 306 g/mol. The smallest absolute Gasteiger partial charge is 0.243 e.